The SMILES string of the molecule is C1=CC2C(c3ccccc3N2c2ccccc2)c2c1oc1cccc(C3N=C(c4ccccc4)NC(c4cccc5sc6ccccc6c45)=N3)c21. The number of aliphatic imine (C=N–C) groups is 2. The maximum Gasteiger partial charge on any atom is 0.170 e. The van der Waals surface area contributed by atoms with E-state index in [1.807, 2.05) is 17.4 Å². The Labute approximate surface area is 298 Å². The summed E-state index contributed by atoms with van der Waals surface area (Å²) in [6, 6.07) is 51.5. The first-order chi connectivity index (χ1) is 25.3. The fourth-order valence-corrected chi connectivity index (χ4v) is 9.51. The lowest BCUT2D eigenvalue weighted by atomic mass is 9.81. The average Bonchev–Trinajstić information content (AvgIpc) is 3.88. The summed E-state index contributed by atoms with van der Waals surface area (Å²) in [7, 11) is 0. The molecule has 3 aliphatic rings. The van der Waals surface area contributed by atoms with Gasteiger partial charge in [0.25, 0.3) is 0 Å². The molecule has 0 saturated heterocycles. The molecule has 0 bridgehead atoms. The van der Waals surface area contributed by atoms with Crippen LogP contribution in [-0.4, -0.2) is 17.7 Å². The Balaban J connectivity index is 1.13. The third kappa shape index (κ3) is 4.33. The number of hydrogen-bond donors (Lipinski definition) is 1. The van der Waals surface area contributed by atoms with Crippen molar-refractivity contribution in [1.82, 2.24) is 5.32 Å². The molecule has 2 aliphatic heterocycles. The van der Waals surface area contributed by atoms with Crippen molar-refractivity contribution in [2.45, 2.75) is 18.1 Å². The predicted molar refractivity (Wildman–Crippen MR) is 211 cm³/mol. The molecule has 1 N–H and O–H groups in total. The van der Waals surface area contributed by atoms with Crippen molar-refractivity contribution in [3.8, 4) is 0 Å². The molecule has 3 atom stereocenters. The van der Waals surface area contributed by atoms with Crippen molar-refractivity contribution >= 4 is 71.6 Å². The third-order valence-electron chi connectivity index (χ3n) is 10.5. The highest BCUT2D eigenvalue weighted by Crippen LogP contribution is 2.54. The Kier molecular flexibility index (Phi) is 6.24. The van der Waals surface area contributed by atoms with Crippen LogP contribution in [0.25, 0.3) is 37.2 Å². The number of thiophene rings is 1. The minimum absolute atomic E-state index is 0.0810. The molecule has 0 amide bonds. The Morgan fingerprint density at radius 2 is 1.35 bits per heavy atom. The van der Waals surface area contributed by atoms with Crippen LogP contribution in [0.1, 0.15) is 45.7 Å². The zero-order valence-electron chi connectivity index (χ0n) is 27.4. The number of nitrogens with zero attached hydrogens (tertiary/aromatic N) is 3. The van der Waals surface area contributed by atoms with Gasteiger partial charge in [-0.1, -0.05) is 115 Å². The topological polar surface area (TPSA) is 53.1 Å². The lowest BCUT2D eigenvalue weighted by Gasteiger charge is -2.30. The molecule has 1 aliphatic carbocycles. The van der Waals surface area contributed by atoms with E-state index in [1.54, 1.807) is 0 Å². The van der Waals surface area contributed by atoms with Crippen molar-refractivity contribution in [1.29, 1.82) is 0 Å². The lowest BCUT2D eigenvalue weighted by molar-refractivity contribution is 0.584. The number of nitrogens with one attached hydrogen (secondary N) is 1. The Morgan fingerprint density at radius 3 is 2.25 bits per heavy atom. The summed E-state index contributed by atoms with van der Waals surface area (Å²) in [6.07, 6.45) is 3.98. The van der Waals surface area contributed by atoms with Gasteiger partial charge in [-0.25, -0.2) is 9.98 Å². The number of para-hydroxylation sites is 2. The van der Waals surface area contributed by atoms with Gasteiger partial charge >= 0.3 is 0 Å². The zero-order chi connectivity index (χ0) is 33.5. The molecule has 11 rings (SSSR count). The molecule has 5 nitrogen and oxygen atoms in total. The summed E-state index contributed by atoms with van der Waals surface area (Å²) in [5.74, 6) is 2.60. The van der Waals surface area contributed by atoms with Crippen molar-refractivity contribution in [2.24, 2.45) is 9.98 Å². The molecule has 3 unspecified atom stereocenters. The second-order valence-corrected chi connectivity index (χ2v) is 14.4. The number of hydrogen-bond acceptors (Lipinski definition) is 6. The van der Waals surface area contributed by atoms with Gasteiger partial charge in [-0.05, 0) is 48.0 Å². The Bertz CT molecular complexity index is 2760. The minimum atomic E-state index is -0.492. The van der Waals surface area contributed by atoms with E-state index < -0.39 is 6.17 Å². The quantitative estimate of drug-likeness (QED) is 0.202. The van der Waals surface area contributed by atoms with Crippen LogP contribution in [0, 0.1) is 0 Å². The first-order valence-electron chi connectivity index (χ1n) is 17.4. The summed E-state index contributed by atoms with van der Waals surface area (Å²) in [6.45, 7) is 0. The molecule has 0 spiro atoms. The number of amidine groups is 2. The average molecular weight is 675 g/mol. The normalized spacial score (nSPS) is 19.1. The number of anilines is 2. The summed E-state index contributed by atoms with van der Waals surface area (Å²) in [5.41, 5.74) is 8.90. The van der Waals surface area contributed by atoms with E-state index in [0.717, 1.165) is 45.1 Å². The smallest absolute Gasteiger partial charge is 0.170 e. The maximum absolute atomic E-state index is 6.69. The van der Waals surface area contributed by atoms with E-state index in [1.165, 1.54) is 42.7 Å². The highest BCUT2D eigenvalue weighted by molar-refractivity contribution is 7.25. The molecule has 242 valence electrons. The molecule has 6 aromatic carbocycles. The molecule has 0 saturated carbocycles. The predicted octanol–water partition coefficient (Wildman–Crippen LogP) is 11.0. The molecule has 2 aromatic heterocycles. The number of fused-ring (bicyclic) bond motifs is 10. The highest BCUT2D eigenvalue weighted by Gasteiger charge is 2.44. The van der Waals surface area contributed by atoms with Crippen LogP contribution in [0.4, 0.5) is 11.4 Å². The van der Waals surface area contributed by atoms with Gasteiger partial charge in [0.1, 0.15) is 23.0 Å². The standard InChI is InChI=1S/C45H30N4OS/c1-3-13-27(14-4-1)43-46-44(31-20-12-24-38-39(31)30-18-8-10-23-37(30)51-38)48-45(47-43)32-19-11-22-35-41(32)42-36(50-35)26-25-34-40(42)29-17-7-9-21-33(29)49(34)28-15-5-2-6-16-28/h1-26,34,40,45H,(H,46,47,48). The molecule has 6 heteroatoms. The van der Waals surface area contributed by atoms with E-state index in [9.17, 15) is 0 Å². The van der Waals surface area contributed by atoms with Gasteiger partial charge in [0.05, 0.1) is 6.04 Å². The molecular formula is C45H30N4OS. The van der Waals surface area contributed by atoms with Crippen molar-refractivity contribution in [3.05, 3.63) is 185 Å². The van der Waals surface area contributed by atoms with E-state index in [4.69, 9.17) is 14.4 Å². The Hall–Kier alpha value is -6.24. The van der Waals surface area contributed by atoms with Gasteiger partial charge in [0, 0.05) is 65.1 Å². The van der Waals surface area contributed by atoms with Crippen LogP contribution in [-0.2, 0) is 0 Å². The van der Waals surface area contributed by atoms with Gasteiger partial charge < -0.3 is 14.6 Å². The summed E-state index contributed by atoms with van der Waals surface area (Å²) >= 11 is 1.82. The van der Waals surface area contributed by atoms with E-state index in [0.29, 0.717) is 0 Å². The molecule has 8 aromatic rings. The van der Waals surface area contributed by atoms with Gasteiger partial charge in [0.2, 0.25) is 0 Å². The minimum Gasteiger partial charge on any atom is -0.456 e. The number of benzene rings is 6. The fourth-order valence-electron chi connectivity index (χ4n) is 8.38. The van der Waals surface area contributed by atoms with Crippen molar-refractivity contribution < 1.29 is 4.42 Å². The molecular weight excluding hydrogens is 645 g/mol. The second-order valence-electron chi connectivity index (χ2n) is 13.3. The van der Waals surface area contributed by atoms with Crippen LogP contribution < -0.4 is 10.2 Å². The van der Waals surface area contributed by atoms with Crippen molar-refractivity contribution in [3.63, 3.8) is 0 Å². The first-order valence-corrected chi connectivity index (χ1v) is 18.2. The van der Waals surface area contributed by atoms with Gasteiger partial charge in [-0.2, -0.15) is 0 Å². The van der Waals surface area contributed by atoms with Gasteiger partial charge in [0.15, 0.2) is 6.17 Å². The first kappa shape index (κ1) is 28.6. The molecule has 51 heavy (non-hydrogen) atoms. The van der Waals surface area contributed by atoms with Crippen LogP contribution in [0.15, 0.2) is 166 Å². The monoisotopic (exact) mass is 674 g/mol. The molecule has 0 fully saturated rings. The third-order valence-corrected chi connectivity index (χ3v) is 11.6. The maximum atomic E-state index is 6.69. The second kappa shape index (κ2) is 11.1. The Morgan fingerprint density at radius 1 is 0.627 bits per heavy atom. The van der Waals surface area contributed by atoms with Crippen LogP contribution in [0.2, 0.25) is 0 Å². The van der Waals surface area contributed by atoms with Crippen LogP contribution in [0.3, 0.4) is 0 Å². The summed E-state index contributed by atoms with van der Waals surface area (Å²) in [4.78, 5) is 13.3. The number of furan rings is 1. The highest BCUT2D eigenvalue weighted by atomic mass is 32.1. The number of rotatable bonds is 4. The molecule has 4 heterocycles. The molecule has 0 radical (unpaired) electrons. The van der Waals surface area contributed by atoms with Gasteiger partial charge in [-0.15, -0.1) is 11.3 Å². The van der Waals surface area contributed by atoms with E-state index >= 15 is 0 Å². The van der Waals surface area contributed by atoms with Crippen molar-refractivity contribution in [2.75, 3.05) is 4.90 Å². The van der Waals surface area contributed by atoms with Gasteiger partial charge in [-0.3, -0.25) is 0 Å². The van der Waals surface area contributed by atoms with Crippen LogP contribution >= 0.6 is 11.3 Å². The fraction of sp³-hybridized carbons (Fsp3) is 0.0667. The van der Waals surface area contributed by atoms with E-state index in [-0.39, 0.29) is 12.0 Å². The zero-order valence-corrected chi connectivity index (χ0v) is 28.2. The van der Waals surface area contributed by atoms with E-state index in [2.05, 4.69) is 162 Å². The van der Waals surface area contributed by atoms with Crippen LogP contribution in [0.5, 0.6) is 0 Å². The largest absolute Gasteiger partial charge is 0.456 e. The summed E-state index contributed by atoms with van der Waals surface area (Å²) in [5, 5.41) is 7.23. The summed E-state index contributed by atoms with van der Waals surface area (Å²) < 4.78 is 9.20. The lowest BCUT2D eigenvalue weighted by Crippen LogP contribution is -2.36.